The lowest BCUT2D eigenvalue weighted by atomic mass is 9.82. The maximum absolute atomic E-state index is 10.8. The Bertz CT molecular complexity index is 227. The second-order valence-electron chi connectivity index (χ2n) is 3.27. The normalized spacial score (nSPS) is 17.4. The fourth-order valence-electron chi connectivity index (χ4n) is 1.25. The van der Waals surface area contributed by atoms with E-state index in [2.05, 4.69) is 15.3 Å². The molecule has 1 fully saturated rings. The monoisotopic (exact) mass is 216 g/mol. The van der Waals surface area contributed by atoms with Crippen LogP contribution in [0.25, 0.3) is 0 Å². The summed E-state index contributed by atoms with van der Waals surface area (Å²) in [6.07, 6.45) is 5.14. The summed E-state index contributed by atoms with van der Waals surface area (Å²) < 4.78 is 0. The van der Waals surface area contributed by atoms with Crippen LogP contribution in [-0.4, -0.2) is 30.9 Å². The first-order chi connectivity index (χ1) is 6.77. The van der Waals surface area contributed by atoms with Gasteiger partial charge in [-0.2, -0.15) is 11.8 Å². The summed E-state index contributed by atoms with van der Waals surface area (Å²) in [5.74, 6) is 1.38. The first kappa shape index (κ1) is 11.4. The molecular formula is C9H16N2O2S. The number of hydrogen-bond donors (Lipinski definition) is 1. The van der Waals surface area contributed by atoms with Crippen molar-refractivity contribution in [2.75, 3.05) is 19.1 Å². The zero-order valence-electron chi connectivity index (χ0n) is 8.58. The first-order valence-corrected chi connectivity index (χ1v) is 6.11. The van der Waals surface area contributed by atoms with Crippen LogP contribution in [0.2, 0.25) is 0 Å². The summed E-state index contributed by atoms with van der Waals surface area (Å²) in [6.45, 7) is 0. The maximum atomic E-state index is 10.8. The minimum atomic E-state index is -0.497. The average molecular weight is 216 g/mol. The molecule has 1 saturated carbocycles. The van der Waals surface area contributed by atoms with Crippen LogP contribution in [0, 0.1) is 5.92 Å². The van der Waals surface area contributed by atoms with E-state index in [-0.39, 0.29) is 0 Å². The highest BCUT2D eigenvalue weighted by atomic mass is 32.2. The Morgan fingerprint density at radius 3 is 2.79 bits per heavy atom. The lowest BCUT2D eigenvalue weighted by molar-refractivity contribution is 0.151. The van der Waals surface area contributed by atoms with Gasteiger partial charge >= 0.3 is 6.09 Å². The number of nitrogens with zero attached hydrogens (tertiary/aromatic N) is 1. The van der Waals surface area contributed by atoms with E-state index < -0.39 is 6.09 Å². The third-order valence-electron chi connectivity index (χ3n) is 2.32. The molecule has 1 aliphatic carbocycles. The minimum Gasteiger partial charge on any atom is -0.323 e. The molecule has 0 aromatic rings. The van der Waals surface area contributed by atoms with Crippen LogP contribution in [-0.2, 0) is 4.84 Å². The summed E-state index contributed by atoms with van der Waals surface area (Å²) in [4.78, 5) is 15.5. The molecule has 1 rings (SSSR count). The van der Waals surface area contributed by atoms with E-state index in [1.165, 1.54) is 26.3 Å². The molecular weight excluding hydrogens is 200 g/mol. The fraction of sp³-hybridized carbons (Fsp3) is 0.778. The van der Waals surface area contributed by atoms with Gasteiger partial charge in [0.05, 0.1) is 5.71 Å². The summed E-state index contributed by atoms with van der Waals surface area (Å²) in [5, 5.41) is 6.25. The third-order valence-corrected chi connectivity index (χ3v) is 2.90. The Morgan fingerprint density at radius 2 is 2.36 bits per heavy atom. The molecule has 0 spiro atoms. The van der Waals surface area contributed by atoms with Gasteiger partial charge in [-0.25, -0.2) is 4.79 Å². The van der Waals surface area contributed by atoms with Crippen molar-refractivity contribution in [3.05, 3.63) is 0 Å². The minimum absolute atomic E-state index is 0.497. The number of thioether (sulfide) groups is 1. The summed E-state index contributed by atoms with van der Waals surface area (Å²) in [7, 11) is 1.52. The van der Waals surface area contributed by atoms with E-state index in [0.29, 0.717) is 5.92 Å². The van der Waals surface area contributed by atoms with Gasteiger partial charge in [-0.15, -0.1) is 0 Å². The molecule has 0 unspecified atom stereocenters. The van der Waals surface area contributed by atoms with Crippen molar-refractivity contribution in [3.63, 3.8) is 0 Å². The largest absolute Gasteiger partial charge is 0.433 e. The van der Waals surface area contributed by atoms with E-state index >= 15 is 0 Å². The van der Waals surface area contributed by atoms with Crippen LogP contribution in [0.5, 0.6) is 0 Å². The van der Waals surface area contributed by atoms with Crippen molar-refractivity contribution in [1.29, 1.82) is 0 Å². The summed E-state index contributed by atoms with van der Waals surface area (Å²) in [5.41, 5.74) is 1.01. The molecule has 0 radical (unpaired) electrons. The van der Waals surface area contributed by atoms with Crippen molar-refractivity contribution in [1.82, 2.24) is 5.32 Å². The number of oxime groups is 1. The molecule has 1 aliphatic rings. The van der Waals surface area contributed by atoms with Crippen molar-refractivity contribution in [2.45, 2.75) is 19.3 Å². The van der Waals surface area contributed by atoms with Gasteiger partial charge in [-0.1, -0.05) is 11.6 Å². The van der Waals surface area contributed by atoms with Gasteiger partial charge in [0.25, 0.3) is 0 Å². The number of hydrogen-bond acceptors (Lipinski definition) is 4. The van der Waals surface area contributed by atoms with Crippen LogP contribution >= 0.6 is 11.8 Å². The quantitative estimate of drug-likeness (QED) is 0.443. The topological polar surface area (TPSA) is 50.7 Å². The van der Waals surface area contributed by atoms with Gasteiger partial charge in [0.15, 0.2) is 0 Å². The van der Waals surface area contributed by atoms with Crippen LogP contribution in [0.3, 0.4) is 0 Å². The lowest BCUT2D eigenvalue weighted by Crippen LogP contribution is -2.25. The van der Waals surface area contributed by atoms with Crippen LogP contribution in [0.4, 0.5) is 4.79 Å². The van der Waals surface area contributed by atoms with Gasteiger partial charge in [0, 0.05) is 18.7 Å². The molecule has 1 N–H and O–H groups in total. The Hall–Kier alpha value is -0.710. The first-order valence-electron chi connectivity index (χ1n) is 4.72. The molecule has 14 heavy (non-hydrogen) atoms. The molecule has 0 saturated heterocycles. The van der Waals surface area contributed by atoms with Gasteiger partial charge < -0.3 is 5.32 Å². The van der Waals surface area contributed by atoms with Crippen molar-refractivity contribution >= 4 is 23.6 Å². The van der Waals surface area contributed by atoms with Crippen LogP contribution in [0.15, 0.2) is 5.16 Å². The van der Waals surface area contributed by atoms with Crippen molar-refractivity contribution in [3.8, 4) is 0 Å². The van der Waals surface area contributed by atoms with Crippen molar-refractivity contribution in [2.24, 2.45) is 11.1 Å². The molecule has 0 heterocycles. The van der Waals surface area contributed by atoms with Crippen LogP contribution < -0.4 is 5.32 Å². The second-order valence-corrected chi connectivity index (χ2v) is 4.14. The number of amides is 1. The Balaban J connectivity index is 2.43. The molecule has 0 aromatic carbocycles. The molecule has 5 heteroatoms. The van der Waals surface area contributed by atoms with E-state index in [0.717, 1.165) is 11.5 Å². The van der Waals surface area contributed by atoms with E-state index in [4.69, 9.17) is 0 Å². The van der Waals surface area contributed by atoms with E-state index in [9.17, 15) is 4.79 Å². The molecule has 80 valence electrons. The maximum Gasteiger partial charge on any atom is 0.433 e. The zero-order chi connectivity index (χ0) is 10.4. The standard InChI is InChI=1S/C9H16N2O2S/c1-10-9(12)13-11-8(6-14-2)7-4-3-5-7/h7H,3-6H2,1-2H3,(H,10,12). The molecule has 4 nitrogen and oxygen atoms in total. The molecule has 0 atom stereocenters. The Kier molecular flexibility index (Phi) is 4.79. The number of nitrogens with one attached hydrogen (secondary N) is 1. The van der Waals surface area contributed by atoms with Gasteiger partial charge in [-0.05, 0) is 19.1 Å². The fourth-order valence-corrected chi connectivity index (χ4v) is 1.84. The highest BCUT2D eigenvalue weighted by Crippen LogP contribution is 2.28. The summed E-state index contributed by atoms with van der Waals surface area (Å²) in [6, 6.07) is 0. The highest BCUT2D eigenvalue weighted by Gasteiger charge is 2.23. The number of rotatable bonds is 4. The number of carbonyl (C=O) groups is 1. The van der Waals surface area contributed by atoms with E-state index in [1.54, 1.807) is 11.8 Å². The average Bonchev–Trinajstić information content (AvgIpc) is 2.11. The van der Waals surface area contributed by atoms with E-state index in [1.807, 2.05) is 6.26 Å². The van der Waals surface area contributed by atoms with Crippen LogP contribution in [0.1, 0.15) is 19.3 Å². The Labute approximate surface area is 88.5 Å². The van der Waals surface area contributed by atoms with Crippen molar-refractivity contribution < 1.29 is 9.63 Å². The van der Waals surface area contributed by atoms with Gasteiger partial charge in [0.2, 0.25) is 0 Å². The van der Waals surface area contributed by atoms with Gasteiger partial charge in [0.1, 0.15) is 0 Å². The zero-order valence-corrected chi connectivity index (χ0v) is 9.39. The smallest absolute Gasteiger partial charge is 0.323 e. The SMILES string of the molecule is CNC(=O)ON=C(CSC)C1CCC1. The predicted octanol–water partition coefficient (Wildman–Crippen LogP) is 1.86. The molecule has 1 amide bonds. The molecule has 0 bridgehead atoms. The number of carbonyl (C=O) groups excluding carboxylic acids is 1. The predicted molar refractivity (Wildman–Crippen MR) is 58.7 cm³/mol. The lowest BCUT2D eigenvalue weighted by Gasteiger charge is -2.25. The molecule has 0 aromatic heterocycles. The summed E-state index contributed by atoms with van der Waals surface area (Å²) >= 11 is 1.70. The second kappa shape index (κ2) is 5.90. The third kappa shape index (κ3) is 3.21. The van der Waals surface area contributed by atoms with Gasteiger partial charge in [-0.3, -0.25) is 4.84 Å². The Morgan fingerprint density at radius 1 is 1.64 bits per heavy atom. The highest BCUT2D eigenvalue weighted by molar-refractivity contribution is 7.99. The molecule has 0 aliphatic heterocycles.